The summed E-state index contributed by atoms with van der Waals surface area (Å²) in [5.41, 5.74) is 0. The molecule has 1 aromatic heterocycles. The van der Waals surface area contributed by atoms with Gasteiger partial charge in [0.05, 0.1) is 6.61 Å². The van der Waals surface area contributed by atoms with E-state index in [1.807, 2.05) is 6.07 Å². The minimum Gasteiger partial charge on any atom is -0.395 e. The minimum absolute atomic E-state index is 0.181. The third kappa shape index (κ3) is 1.95. The van der Waals surface area contributed by atoms with Crippen LogP contribution < -0.4 is 4.90 Å². The van der Waals surface area contributed by atoms with Crippen molar-refractivity contribution in [3.8, 4) is 0 Å². The normalized spacial score (nSPS) is 15.8. The number of anilines is 1. The van der Waals surface area contributed by atoms with E-state index in [1.165, 1.54) is 12.8 Å². The van der Waals surface area contributed by atoms with Crippen LogP contribution in [0.25, 0.3) is 0 Å². The molecule has 0 bridgehead atoms. The van der Waals surface area contributed by atoms with Gasteiger partial charge in [-0.2, -0.15) is 0 Å². The molecule has 1 aliphatic carbocycles. The van der Waals surface area contributed by atoms with Crippen LogP contribution in [0.5, 0.6) is 0 Å². The van der Waals surface area contributed by atoms with Gasteiger partial charge in [0.15, 0.2) is 0 Å². The van der Waals surface area contributed by atoms with E-state index in [-0.39, 0.29) is 6.61 Å². The van der Waals surface area contributed by atoms with Crippen LogP contribution in [0, 0.1) is 0 Å². The number of hydrogen-bond acceptors (Lipinski definition) is 4. The van der Waals surface area contributed by atoms with Crippen molar-refractivity contribution >= 4 is 5.82 Å². The number of aromatic nitrogens is 2. The van der Waals surface area contributed by atoms with E-state index in [4.69, 9.17) is 5.11 Å². The van der Waals surface area contributed by atoms with Gasteiger partial charge in [-0.25, -0.2) is 9.97 Å². The minimum atomic E-state index is 0.181. The van der Waals surface area contributed by atoms with Gasteiger partial charge in [-0.3, -0.25) is 0 Å². The molecule has 0 saturated heterocycles. The van der Waals surface area contributed by atoms with Crippen molar-refractivity contribution in [2.24, 2.45) is 0 Å². The highest BCUT2D eigenvalue weighted by Gasteiger charge is 2.29. The molecule has 0 aromatic carbocycles. The Morgan fingerprint density at radius 1 is 1.54 bits per heavy atom. The Hall–Kier alpha value is -1.16. The summed E-state index contributed by atoms with van der Waals surface area (Å²) < 4.78 is 0. The number of aliphatic hydroxyl groups excluding tert-OH is 1. The van der Waals surface area contributed by atoms with Crippen LogP contribution in [-0.2, 0) is 0 Å². The molecule has 4 nitrogen and oxygen atoms in total. The van der Waals surface area contributed by atoms with Gasteiger partial charge in [0, 0.05) is 18.8 Å². The average molecular weight is 179 g/mol. The van der Waals surface area contributed by atoms with E-state index >= 15 is 0 Å². The molecule has 1 N–H and O–H groups in total. The van der Waals surface area contributed by atoms with Crippen molar-refractivity contribution in [3.05, 3.63) is 18.6 Å². The number of hydrogen-bond donors (Lipinski definition) is 1. The maximum absolute atomic E-state index is 8.89. The van der Waals surface area contributed by atoms with Crippen LogP contribution in [0.4, 0.5) is 5.82 Å². The number of aliphatic hydroxyl groups is 1. The highest BCUT2D eigenvalue weighted by atomic mass is 16.3. The van der Waals surface area contributed by atoms with Gasteiger partial charge >= 0.3 is 0 Å². The maximum Gasteiger partial charge on any atom is 0.132 e. The summed E-state index contributed by atoms with van der Waals surface area (Å²) in [5.74, 6) is 0.923. The standard InChI is InChI=1S/C9H13N3O/c13-6-5-12(8-1-2-8)9-3-4-10-7-11-9/h3-4,7-8,13H,1-2,5-6H2. The smallest absolute Gasteiger partial charge is 0.132 e. The van der Waals surface area contributed by atoms with Crippen LogP contribution in [0.15, 0.2) is 18.6 Å². The Bertz CT molecular complexity index is 261. The Morgan fingerprint density at radius 2 is 2.38 bits per heavy atom. The van der Waals surface area contributed by atoms with Crippen molar-refractivity contribution < 1.29 is 5.11 Å². The van der Waals surface area contributed by atoms with Gasteiger partial charge in [0.2, 0.25) is 0 Å². The zero-order valence-electron chi connectivity index (χ0n) is 7.43. The van der Waals surface area contributed by atoms with Gasteiger partial charge in [-0.1, -0.05) is 0 Å². The Balaban J connectivity index is 2.10. The summed E-state index contributed by atoms with van der Waals surface area (Å²) >= 11 is 0. The van der Waals surface area contributed by atoms with E-state index in [2.05, 4.69) is 14.9 Å². The Labute approximate surface area is 77.2 Å². The first kappa shape index (κ1) is 8.44. The quantitative estimate of drug-likeness (QED) is 0.728. The molecule has 13 heavy (non-hydrogen) atoms. The summed E-state index contributed by atoms with van der Waals surface area (Å²) in [4.78, 5) is 10.2. The number of rotatable bonds is 4. The third-order valence-corrected chi connectivity index (χ3v) is 2.19. The van der Waals surface area contributed by atoms with Crippen molar-refractivity contribution in [2.75, 3.05) is 18.1 Å². The van der Waals surface area contributed by atoms with Gasteiger partial charge in [0.1, 0.15) is 12.1 Å². The summed E-state index contributed by atoms with van der Waals surface area (Å²) in [6.07, 6.45) is 5.70. The molecular formula is C9H13N3O. The molecule has 0 amide bonds. The summed E-state index contributed by atoms with van der Waals surface area (Å²) in [5, 5.41) is 8.89. The monoisotopic (exact) mass is 179 g/mol. The van der Waals surface area contributed by atoms with Gasteiger partial charge in [-0.05, 0) is 18.9 Å². The molecule has 1 aromatic rings. The lowest BCUT2D eigenvalue weighted by atomic mass is 10.4. The number of nitrogens with zero attached hydrogens (tertiary/aromatic N) is 3. The van der Waals surface area contributed by atoms with Gasteiger partial charge in [-0.15, -0.1) is 0 Å². The molecule has 2 rings (SSSR count). The van der Waals surface area contributed by atoms with Crippen LogP contribution in [0.2, 0.25) is 0 Å². The molecular weight excluding hydrogens is 166 g/mol. The zero-order valence-corrected chi connectivity index (χ0v) is 7.43. The second-order valence-electron chi connectivity index (χ2n) is 3.22. The largest absolute Gasteiger partial charge is 0.395 e. The lowest BCUT2D eigenvalue weighted by Gasteiger charge is -2.21. The van der Waals surface area contributed by atoms with Crippen LogP contribution in [0.1, 0.15) is 12.8 Å². The average Bonchev–Trinajstić information content (AvgIpc) is 2.99. The highest BCUT2D eigenvalue weighted by molar-refractivity contribution is 5.39. The summed E-state index contributed by atoms with van der Waals surface area (Å²) in [6.45, 7) is 0.849. The molecule has 70 valence electrons. The topological polar surface area (TPSA) is 49.2 Å². The second-order valence-corrected chi connectivity index (χ2v) is 3.22. The van der Waals surface area contributed by atoms with Crippen molar-refractivity contribution in [3.63, 3.8) is 0 Å². The summed E-state index contributed by atoms with van der Waals surface area (Å²) in [7, 11) is 0. The first-order valence-electron chi connectivity index (χ1n) is 4.55. The molecule has 0 atom stereocenters. The van der Waals surface area contributed by atoms with Crippen molar-refractivity contribution in [1.82, 2.24) is 9.97 Å². The van der Waals surface area contributed by atoms with E-state index < -0.39 is 0 Å². The predicted molar refractivity (Wildman–Crippen MR) is 49.5 cm³/mol. The van der Waals surface area contributed by atoms with E-state index in [0.29, 0.717) is 12.6 Å². The SMILES string of the molecule is OCCN(c1ccncn1)C1CC1. The molecule has 0 spiro atoms. The molecule has 0 unspecified atom stereocenters. The lowest BCUT2D eigenvalue weighted by molar-refractivity contribution is 0.301. The first-order valence-corrected chi connectivity index (χ1v) is 4.55. The van der Waals surface area contributed by atoms with Crippen LogP contribution in [0.3, 0.4) is 0 Å². The molecule has 4 heteroatoms. The molecule has 1 saturated carbocycles. The zero-order chi connectivity index (χ0) is 9.10. The van der Waals surface area contributed by atoms with E-state index in [1.54, 1.807) is 12.5 Å². The third-order valence-electron chi connectivity index (χ3n) is 2.19. The molecule has 1 fully saturated rings. The predicted octanol–water partition coefficient (Wildman–Crippen LogP) is 0.438. The summed E-state index contributed by atoms with van der Waals surface area (Å²) in [6, 6.07) is 2.47. The van der Waals surface area contributed by atoms with Crippen LogP contribution >= 0.6 is 0 Å². The lowest BCUT2D eigenvalue weighted by Crippen LogP contribution is -2.29. The van der Waals surface area contributed by atoms with Crippen molar-refractivity contribution in [1.29, 1.82) is 0 Å². The Kier molecular flexibility index (Phi) is 2.40. The highest BCUT2D eigenvalue weighted by Crippen LogP contribution is 2.29. The van der Waals surface area contributed by atoms with Crippen LogP contribution in [-0.4, -0.2) is 34.3 Å². The Morgan fingerprint density at radius 3 is 2.92 bits per heavy atom. The van der Waals surface area contributed by atoms with Gasteiger partial charge < -0.3 is 10.0 Å². The van der Waals surface area contributed by atoms with Crippen molar-refractivity contribution in [2.45, 2.75) is 18.9 Å². The fourth-order valence-corrected chi connectivity index (χ4v) is 1.43. The molecule has 1 heterocycles. The molecule has 0 radical (unpaired) electrons. The molecule has 1 aliphatic rings. The fraction of sp³-hybridized carbons (Fsp3) is 0.556. The maximum atomic E-state index is 8.89. The van der Waals surface area contributed by atoms with E-state index in [0.717, 1.165) is 5.82 Å². The molecule has 0 aliphatic heterocycles. The van der Waals surface area contributed by atoms with E-state index in [9.17, 15) is 0 Å². The fourth-order valence-electron chi connectivity index (χ4n) is 1.43. The first-order chi connectivity index (χ1) is 6.42. The second kappa shape index (κ2) is 3.70. The van der Waals surface area contributed by atoms with Gasteiger partial charge in [0.25, 0.3) is 0 Å².